The van der Waals surface area contributed by atoms with Gasteiger partial charge in [0.05, 0.1) is 0 Å². The second-order valence-electron chi connectivity index (χ2n) is 2.96. The van der Waals surface area contributed by atoms with Crippen LogP contribution < -0.4 is 0 Å². The Morgan fingerprint density at radius 2 is 2.00 bits per heavy atom. The van der Waals surface area contributed by atoms with E-state index in [4.69, 9.17) is 23.2 Å². The lowest BCUT2D eigenvalue weighted by atomic mass is 10.1. The zero-order chi connectivity index (χ0) is 9.26. The zero-order valence-electron chi connectivity index (χ0n) is 6.98. The molecule has 0 aliphatic carbocycles. The highest BCUT2D eigenvalue weighted by molar-refractivity contribution is 6.18. The summed E-state index contributed by atoms with van der Waals surface area (Å²) in [5.74, 6) is 1.05. The smallest absolute Gasteiger partial charge is 0.0498 e. The van der Waals surface area contributed by atoms with Crippen molar-refractivity contribution >= 4 is 34.1 Å². The van der Waals surface area contributed by atoms with E-state index in [1.165, 1.54) is 5.39 Å². The van der Waals surface area contributed by atoms with Crippen molar-refractivity contribution in [1.29, 1.82) is 0 Å². The van der Waals surface area contributed by atoms with Crippen LogP contribution in [0, 0.1) is 0 Å². The van der Waals surface area contributed by atoms with Crippen molar-refractivity contribution in [3.63, 3.8) is 0 Å². The van der Waals surface area contributed by atoms with Gasteiger partial charge in [-0.05, 0) is 28.6 Å². The lowest BCUT2D eigenvalue weighted by Crippen LogP contribution is -1.85. The maximum Gasteiger partial charge on any atom is 0.0498 e. The summed E-state index contributed by atoms with van der Waals surface area (Å²) in [6.07, 6.45) is 1.92. The van der Waals surface area contributed by atoms with E-state index >= 15 is 0 Å². The minimum absolute atomic E-state index is 0.516. The summed E-state index contributed by atoms with van der Waals surface area (Å²) in [7, 11) is 0. The van der Waals surface area contributed by atoms with E-state index in [-0.39, 0.29) is 0 Å². The highest BCUT2D eigenvalue weighted by Gasteiger charge is 2.03. The van der Waals surface area contributed by atoms with Crippen molar-refractivity contribution in [2.45, 2.75) is 11.8 Å². The molecule has 2 rings (SSSR count). The van der Waals surface area contributed by atoms with E-state index in [9.17, 15) is 0 Å². The summed E-state index contributed by atoms with van der Waals surface area (Å²) in [5, 5.41) is 1.17. The summed E-state index contributed by atoms with van der Waals surface area (Å²) < 4.78 is 0. The first-order valence-corrected chi connectivity index (χ1v) is 5.13. The number of aromatic nitrogens is 1. The van der Waals surface area contributed by atoms with Gasteiger partial charge in [0.25, 0.3) is 0 Å². The van der Waals surface area contributed by atoms with Crippen LogP contribution in [0.25, 0.3) is 10.9 Å². The highest BCUT2D eigenvalue weighted by atomic mass is 35.5. The Morgan fingerprint density at radius 3 is 2.69 bits per heavy atom. The predicted molar refractivity (Wildman–Crippen MR) is 57.4 cm³/mol. The highest BCUT2D eigenvalue weighted by Crippen LogP contribution is 2.22. The van der Waals surface area contributed by atoms with Crippen LogP contribution in [0.5, 0.6) is 0 Å². The number of hydrogen-bond acceptors (Lipinski definition) is 0. The molecule has 0 aliphatic rings. The van der Waals surface area contributed by atoms with Crippen molar-refractivity contribution in [2.24, 2.45) is 0 Å². The summed E-state index contributed by atoms with van der Waals surface area (Å²) in [6, 6.07) is 6.15. The van der Waals surface area contributed by atoms with E-state index in [2.05, 4.69) is 11.1 Å². The van der Waals surface area contributed by atoms with Gasteiger partial charge in [-0.25, -0.2) is 0 Å². The zero-order valence-corrected chi connectivity index (χ0v) is 8.49. The Balaban J connectivity index is 2.70. The molecule has 3 heteroatoms. The summed E-state index contributed by atoms with van der Waals surface area (Å²) in [6.45, 7) is 0. The Morgan fingerprint density at radius 1 is 1.15 bits per heavy atom. The van der Waals surface area contributed by atoms with Gasteiger partial charge in [-0.2, -0.15) is 0 Å². The van der Waals surface area contributed by atoms with Crippen molar-refractivity contribution < 1.29 is 0 Å². The van der Waals surface area contributed by atoms with E-state index in [1.54, 1.807) is 0 Å². The molecule has 1 heterocycles. The van der Waals surface area contributed by atoms with Gasteiger partial charge in [-0.3, -0.25) is 0 Å². The Hall–Kier alpha value is -0.660. The maximum atomic E-state index is 5.83. The molecular weight excluding hydrogens is 205 g/mol. The molecule has 1 aromatic carbocycles. The molecule has 1 N–H and O–H groups in total. The first kappa shape index (κ1) is 8.92. The largest absolute Gasteiger partial charge is 0.361 e. The lowest BCUT2D eigenvalue weighted by molar-refractivity contribution is 1.33. The summed E-state index contributed by atoms with van der Waals surface area (Å²) in [5.41, 5.74) is 3.34. The van der Waals surface area contributed by atoms with Crippen LogP contribution in [0.3, 0.4) is 0 Å². The first-order valence-electron chi connectivity index (χ1n) is 4.06. The topological polar surface area (TPSA) is 15.8 Å². The molecule has 0 aliphatic heterocycles. The molecule has 1 aromatic heterocycles. The molecule has 0 unspecified atom stereocenters. The number of benzene rings is 1. The quantitative estimate of drug-likeness (QED) is 0.734. The molecule has 13 heavy (non-hydrogen) atoms. The first-order chi connectivity index (χ1) is 6.35. The van der Waals surface area contributed by atoms with Crippen molar-refractivity contribution in [3.05, 3.63) is 35.5 Å². The van der Waals surface area contributed by atoms with Crippen LogP contribution in [0.2, 0.25) is 0 Å². The maximum absolute atomic E-state index is 5.83. The SMILES string of the molecule is ClCc1cc(CCl)c2[nH]ccc2c1. The Kier molecular flexibility index (Phi) is 2.47. The number of rotatable bonds is 2. The van der Waals surface area contributed by atoms with E-state index in [1.807, 2.05) is 18.3 Å². The molecule has 0 atom stereocenters. The molecule has 0 saturated carbocycles. The molecule has 0 amide bonds. The number of hydrogen-bond donors (Lipinski definition) is 1. The van der Waals surface area contributed by atoms with Gasteiger partial charge >= 0.3 is 0 Å². The number of H-pyrrole nitrogens is 1. The molecule has 0 radical (unpaired) electrons. The van der Waals surface area contributed by atoms with Gasteiger partial charge in [0.15, 0.2) is 0 Å². The second-order valence-corrected chi connectivity index (χ2v) is 3.50. The summed E-state index contributed by atoms with van der Waals surface area (Å²) >= 11 is 11.6. The van der Waals surface area contributed by atoms with Crippen LogP contribution in [0.15, 0.2) is 24.4 Å². The standard InChI is InChI=1S/C10H9Cl2N/c11-5-7-3-8-1-2-13-10(8)9(4-7)6-12/h1-4,13H,5-6H2. The third-order valence-corrected chi connectivity index (χ3v) is 2.70. The van der Waals surface area contributed by atoms with Crippen LogP contribution in [0.4, 0.5) is 0 Å². The third-order valence-electron chi connectivity index (χ3n) is 2.10. The van der Waals surface area contributed by atoms with Crippen LogP contribution in [0.1, 0.15) is 11.1 Å². The fourth-order valence-corrected chi connectivity index (χ4v) is 1.86. The minimum Gasteiger partial charge on any atom is -0.361 e. The van der Waals surface area contributed by atoms with Crippen molar-refractivity contribution in [2.75, 3.05) is 0 Å². The molecular formula is C10H9Cl2N. The Labute approximate surface area is 86.7 Å². The van der Waals surface area contributed by atoms with Gasteiger partial charge < -0.3 is 4.98 Å². The number of nitrogens with one attached hydrogen (secondary N) is 1. The number of alkyl halides is 2. The van der Waals surface area contributed by atoms with E-state index < -0.39 is 0 Å². The van der Waals surface area contributed by atoms with Gasteiger partial charge in [0.2, 0.25) is 0 Å². The van der Waals surface area contributed by atoms with Crippen molar-refractivity contribution in [3.8, 4) is 0 Å². The minimum atomic E-state index is 0.516. The average molecular weight is 214 g/mol. The van der Waals surface area contributed by atoms with Gasteiger partial charge in [0, 0.05) is 23.5 Å². The molecule has 1 nitrogen and oxygen atoms in total. The lowest BCUT2D eigenvalue weighted by Gasteiger charge is -2.01. The predicted octanol–water partition coefficient (Wildman–Crippen LogP) is 3.65. The normalized spacial score (nSPS) is 10.9. The number of halogens is 2. The molecule has 0 saturated heterocycles. The second kappa shape index (κ2) is 3.60. The van der Waals surface area contributed by atoms with Crippen LogP contribution >= 0.6 is 23.2 Å². The molecule has 0 fully saturated rings. The number of fused-ring (bicyclic) bond motifs is 1. The molecule has 0 spiro atoms. The monoisotopic (exact) mass is 213 g/mol. The van der Waals surface area contributed by atoms with E-state index in [0.29, 0.717) is 11.8 Å². The average Bonchev–Trinajstić information content (AvgIpc) is 2.63. The molecule has 68 valence electrons. The van der Waals surface area contributed by atoms with Gasteiger partial charge in [-0.15, -0.1) is 23.2 Å². The Bertz CT molecular complexity index is 420. The van der Waals surface area contributed by atoms with Gasteiger partial charge in [0.1, 0.15) is 0 Å². The molecule has 0 bridgehead atoms. The fraction of sp³-hybridized carbons (Fsp3) is 0.200. The molecule has 2 aromatic rings. The fourth-order valence-electron chi connectivity index (χ4n) is 1.50. The van der Waals surface area contributed by atoms with Crippen molar-refractivity contribution in [1.82, 2.24) is 4.98 Å². The van der Waals surface area contributed by atoms with Crippen LogP contribution in [-0.2, 0) is 11.8 Å². The van der Waals surface area contributed by atoms with Gasteiger partial charge in [-0.1, -0.05) is 6.07 Å². The van der Waals surface area contributed by atoms with Crippen LogP contribution in [-0.4, -0.2) is 4.98 Å². The third kappa shape index (κ3) is 1.54. The summed E-state index contributed by atoms with van der Waals surface area (Å²) in [4.78, 5) is 3.16. The van der Waals surface area contributed by atoms with E-state index in [0.717, 1.165) is 16.6 Å². The number of aromatic amines is 1.